The fourth-order valence-corrected chi connectivity index (χ4v) is 3.87. The Labute approximate surface area is 132 Å². The Morgan fingerprint density at radius 3 is 2.32 bits per heavy atom. The summed E-state index contributed by atoms with van der Waals surface area (Å²) in [6.45, 7) is 0. The van der Waals surface area contributed by atoms with Crippen LogP contribution < -0.4 is 0 Å². The van der Waals surface area contributed by atoms with Crippen LogP contribution in [0.4, 0.5) is 0 Å². The topological polar surface area (TPSA) is 57.9 Å². The lowest BCUT2D eigenvalue weighted by Gasteiger charge is -2.06. The molecule has 0 fully saturated rings. The summed E-state index contributed by atoms with van der Waals surface area (Å²) >= 11 is 0. The van der Waals surface area contributed by atoms with Crippen LogP contribution in [0.15, 0.2) is 54.6 Å². The quantitative estimate of drug-likeness (QED) is 0.735. The fourth-order valence-electron chi connectivity index (χ4n) is 2.36. The summed E-state index contributed by atoms with van der Waals surface area (Å²) in [5.74, 6) is 0.113. The lowest BCUT2D eigenvalue weighted by atomic mass is 10.1. The van der Waals surface area contributed by atoms with Gasteiger partial charge in [-0.15, -0.1) is 0 Å². The highest BCUT2D eigenvalue weighted by atomic mass is 32.2. The molecule has 2 aromatic rings. The first kappa shape index (κ1) is 16.3. The third-order valence-electron chi connectivity index (χ3n) is 3.53. The van der Waals surface area contributed by atoms with Gasteiger partial charge in [0, 0.05) is 0 Å². The monoisotopic (exact) mass is 313 g/mol. The molecule has 0 saturated carbocycles. The number of benzene rings is 2. The van der Waals surface area contributed by atoms with Crippen LogP contribution in [0.5, 0.6) is 0 Å². The smallest absolute Gasteiger partial charge is 0.154 e. The Hall–Kier alpha value is -2.12. The van der Waals surface area contributed by atoms with Gasteiger partial charge in [-0.25, -0.2) is 8.42 Å². The molecule has 0 unspecified atom stereocenters. The second-order valence-corrected chi connectivity index (χ2v) is 7.49. The molecule has 0 heterocycles. The Morgan fingerprint density at radius 2 is 1.59 bits per heavy atom. The van der Waals surface area contributed by atoms with Crippen LogP contribution in [-0.4, -0.2) is 14.2 Å². The first-order chi connectivity index (χ1) is 10.6. The maximum Gasteiger partial charge on any atom is 0.154 e. The third kappa shape index (κ3) is 5.01. The van der Waals surface area contributed by atoms with E-state index >= 15 is 0 Å². The number of unbranched alkanes of at least 4 members (excludes halogenated alkanes) is 1. The molecule has 0 amide bonds. The summed E-state index contributed by atoms with van der Waals surface area (Å²) in [5.41, 5.74) is 2.26. The SMILES string of the molecule is N#Cc1ccccc1CS(=O)(=O)CCCCc1ccccc1. The number of aryl methyl sites for hydroxylation is 1. The van der Waals surface area contributed by atoms with E-state index in [2.05, 4.69) is 12.1 Å². The molecule has 4 heteroatoms. The van der Waals surface area contributed by atoms with E-state index in [9.17, 15) is 8.42 Å². The highest BCUT2D eigenvalue weighted by molar-refractivity contribution is 7.90. The van der Waals surface area contributed by atoms with Gasteiger partial charge in [0.05, 0.1) is 23.1 Å². The van der Waals surface area contributed by atoms with Gasteiger partial charge < -0.3 is 0 Å². The Balaban J connectivity index is 1.85. The largest absolute Gasteiger partial charge is 0.228 e. The number of hydrogen-bond acceptors (Lipinski definition) is 3. The maximum atomic E-state index is 12.2. The number of nitriles is 1. The van der Waals surface area contributed by atoms with E-state index in [-0.39, 0.29) is 11.5 Å². The molecule has 114 valence electrons. The molecule has 0 aromatic heterocycles. The molecule has 0 atom stereocenters. The van der Waals surface area contributed by atoms with Crippen LogP contribution in [0.1, 0.15) is 29.5 Å². The summed E-state index contributed by atoms with van der Waals surface area (Å²) < 4.78 is 24.3. The predicted octanol–water partition coefficient (Wildman–Crippen LogP) is 3.50. The van der Waals surface area contributed by atoms with E-state index in [1.54, 1.807) is 24.3 Å². The van der Waals surface area contributed by atoms with Gasteiger partial charge in [-0.1, -0.05) is 48.5 Å². The van der Waals surface area contributed by atoms with Gasteiger partial charge in [0.2, 0.25) is 0 Å². The van der Waals surface area contributed by atoms with E-state index in [1.165, 1.54) is 5.56 Å². The van der Waals surface area contributed by atoms with E-state index < -0.39 is 9.84 Å². The van der Waals surface area contributed by atoms with E-state index in [4.69, 9.17) is 5.26 Å². The number of sulfone groups is 1. The van der Waals surface area contributed by atoms with Crippen molar-refractivity contribution in [3.8, 4) is 6.07 Å². The number of nitrogens with zero attached hydrogens (tertiary/aromatic N) is 1. The Bertz CT molecular complexity index is 746. The zero-order valence-corrected chi connectivity index (χ0v) is 13.2. The number of hydrogen-bond donors (Lipinski definition) is 0. The summed E-state index contributed by atoms with van der Waals surface area (Å²) in [6, 6.07) is 19.0. The first-order valence-electron chi connectivity index (χ1n) is 7.33. The van der Waals surface area contributed by atoms with Gasteiger partial charge in [0.1, 0.15) is 0 Å². The highest BCUT2D eigenvalue weighted by Gasteiger charge is 2.14. The lowest BCUT2D eigenvalue weighted by Crippen LogP contribution is -2.10. The van der Waals surface area contributed by atoms with Crippen LogP contribution >= 0.6 is 0 Å². The van der Waals surface area contributed by atoms with Crippen molar-refractivity contribution < 1.29 is 8.42 Å². The van der Waals surface area contributed by atoms with Crippen molar-refractivity contribution in [3.05, 3.63) is 71.3 Å². The van der Waals surface area contributed by atoms with Crippen molar-refractivity contribution in [1.82, 2.24) is 0 Å². The van der Waals surface area contributed by atoms with Gasteiger partial charge >= 0.3 is 0 Å². The molecule has 0 bridgehead atoms. The Kier molecular flexibility index (Phi) is 5.74. The van der Waals surface area contributed by atoms with Crippen molar-refractivity contribution in [1.29, 1.82) is 5.26 Å². The molecule has 2 rings (SSSR count). The molecule has 0 saturated heterocycles. The normalized spacial score (nSPS) is 11.0. The lowest BCUT2D eigenvalue weighted by molar-refractivity contribution is 0.590. The van der Waals surface area contributed by atoms with Crippen molar-refractivity contribution in [3.63, 3.8) is 0 Å². The average Bonchev–Trinajstić information content (AvgIpc) is 2.53. The zero-order chi connectivity index (χ0) is 15.8. The van der Waals surface area contributed by atoms with Crippen LogP contribution in [0.2, 0.25) is 0 Å². The van der Waals surface area contributed by atoms with Gasteiger partial charge in [-0.3, -0.25) is 0 Å². The molecule has 22 heavy (non-hydrogen) atoms. The molecule has 2 aromatic carbocycles. The molecule has 0 N–H and O–H groups in total. The van der Waals surface area contributed by atoms with Crippen LogP contribution in [0.3, 0.4) is 0 Å². The second kappa shape index (κ2) is 7.77. The number of rotatable bonds is 7. The summed E-state index contributed by atoms with van der Waals surface area (Å²) in [6.07, 6.45) is 2.39. The molecule has 0 aliphatic heterocycles. The van der Waals surface area contributed by atoms with Crippen molar-refractivity contribution in [2.75, 3.05) is 5.75 Å². The third-order valence-corrected chi connectivity index (χ3v) is 5.19. The minimum Gasteiger partial charge on any atom is -0.228 e. The summed E-state index contributed by atoms with van der Waals surface area (Å²) in [4.78, 5) is 0. The van der Waals surface area contributed by atoms with Gasteiger partial charge in [-0.2, -0.15) is 5.26 Å². The molecule has 3 nitrogen and oxygen atoms in total. The van der Waals surface area contributed by atoms with Crippen molar-refractivity contribution >= 4 is 9.84 Å². The molecule has 0 spiro atoms. The van der Waals surface area contributed by atoms with Gasteiger partial charge in [0.25, 0.3) is 0 Å². The molecule has 0 aliphatic rings. The first-order valence-corrected chi connectivity index (χ1v) is 9.15. The fraction of sp³-hybridized carbons (Fsp3) is 0.278. The van der Waals surface area contributed by atoms with Gasteiger partial charge in [-0.05, 0) is 36.5 Å². The molecule has 0 radical (unpaired) electrons. The standard InChI is InChI=1S/C18H19NO2S/c19-14-17-11-4-5-12-18(17)15-22(20,21)13-7-6-10-16-8-2-1-3-9-16/h1-5,8-9,11-12H,6-7,10,13,15H2. The molecular formula is C18H19NO2S. The van der Waals surface area contributed by atoms with Crippen molar-refractivity contribution in [2.45, 2.75) is 25.0 Å². The predicted molar refractivity (Wildman–Crippen MR) is 88.0 cm³/mol. The average molecular weight is 313 g/mol. The second-order valence-electron chi connectivity index (χ2n) is 5.30. The maximum absolute atomic E-state index is 12.2. The van der Waals surface area contributed by atoms with E-state index in [0.29, 0.717) is 17.5 Å². The van der Waals surface area contributed by atoms with Gasteiger partial charge in [0.15, 0.2) is 9.84 Å². The van der Waals surface area contributed by atoms with Crippen LogP contribution in [0.25, 0.3) is 0 Å². The minimum atomic E-state index is -3.17. The van der Waals surface area contributed by atoms with Crippen LogP contribution in [-0.2, 0) is 22.0 Å². The van der Waals surface area contributed by atoms with E-state index in [0.717, 1.165) is 12.8 Å². The minimum absolute atomic E-state index is 0.0535. The zero-order valence-electron chi connectivity index (χ0n) is 12.4. The summed E-state index contributed by atoms with van der Waals surface area (Å²) in [5, 5.41) is 9.01. The summed E-state index contributed by atoms with van der Waals surface area (Å²) in [7, 11) is -3.17. The molecular weight excluding hydrogens is 294 g/mol. The molecule has 0 aliphatic carbocycles. The van der Waals surface area contributed by atoms with Crippen molar-refractivity contribution in [2.24, 2.45) is 0 Å². The Morgan fingerprint density at radius 1 is 0.909 bits per heavy atom. The van der Waals surface area contributed by atoms with E-state index in [1.807, 2.05) is 24.3 Å². The highest BCUT2D eigenvalue weighted by Crippen LogP contribution is 2.14. The van der Waals surface area contributed by atoms with Crippen LogP contribution in [0, 0.1) is 11.3 Å².